The Morgan fingerprint density at radius 2 is 2.07 bits per heavy atom. The molecule has 0 aromatic rings. The highest BCUT2D eigenvalue weighted by molar-refractivity contribution is 7.91. The highest BCUT2D eigenvalue weighted by Gasteiger charge is 2.36. The molecule has 84 valence electrons. The van der Waals surface area contributed by atoms with Crippen molar-refractivity contribution in [3.05, 3.63) is 0 Å². The molecule has 2 fully saturated rings. The van der Waals surface area contributed by atoms with E-state index in [1.54, 1.807) is 0 Å². The number of nitriles is 1. The standard InChI is InChI=1S/C10H16N2O2S/c11-7-9-3-1-2-5-12(9)10-4-6-15(13,14)8-10/h9-10H,1-6,8H2. The van der Waals surface area contributed by atoms with Crippen molar-refractivity contribution in [2.45, 2.75) is 37.8 Å². The van der Waals surface area contributed by atoms with Crippen molar-refractivity contribution < 1.29 is 8.42 Å². The quantitative estimate of drug-likeness (QED) is 0.657. The molecule has 0 aromatic carbocycles. The van der Waals surface area contributed by atoms with Gasteiger partial charge >= 0.3 is 0 Å². The lowest BCUT2D eigenvalue weighted by Crippen LogP contribution is -2.46. The van der Waals surface area contributed by atoms with Crippen LogP contribution in [0.4, 0.5) is 0 Å². The Morgan fingerprint density at radius 1 is 1.27 bits per heavy atom. The minimum atomic E-state index is -2.83. The summed E-state index contributed by atoms with van der Waals surface area (Å²) in [6.45, 7) is 0.887. The van der Waals surface area contributed by atoms with E-state index >= 15 is 0 Å². The number of piperidine rings is 1. The van der Waals surface area contributed by atoms with E-state index < -0.39 is 9.84 Å². The van der Waals surface area contributed by atoms with E-state index in [4.69, 9.17) is 5.26 Å². The molecule has 0 radical (unpaired) electrons. The van der Waals surface area contributed by atoms with Crippen molar-refractivity contribution in [2.24, 2.45) is 0 Å². The zero-order chi connectivity index (χ0) is 10.9. The topological polar surface area (TPSA) is 61.2 Å². The van der Waals surface area contributed by atoms with Crippen molar-refractivity contribution in [2.75, 3.05) is 18.1 Å². The van der Waals surface area contributed by atoms with Crippen LogP contribution >= 0.6 is 0 Å². The van der Waals surface area contributed by atoms with E-state index in [1.807, 2.05) is 0 Å². The van der Waals surface area contributed by atoms with Gasteiger partial charge in [-0.15, -0.1) is 0 Å². The molecular formula is C10H16N2O2S. The average molecular weight is 228 g/mol. The third-order valence-corrected chi connectivity index (χ3v) is 5.12. The van der Waals surface area contributed by atoms with Gasteiger partial charge in [0.25, 0.3) is 0 Å². The average Bonchev–Trinajstić information content (AvgIpc) is 2.59. The Morgan fingerprint density at radius 3 is 2.67 bits per heavy atom. The molecule has 15 heavy (non-hydrogen) atoms. The predicted octanol–water partition coefficient (Wildman–Crippen LogP) is 0.552. The van der Waals surface area contributed by atoms with Gasteiger partial charge in [0.2, 0.25) is 0 Å². The molecule has 0 N–H and O–H groups in total. The van der Waals surface area contributed by atoms with E-state index in [1.165, 1.54) is 0 Å². The predicted molar refractivity (Wildman–Crippen MR) is 57.0 cm³/mol. The molecule has 0 aliphatic carbocycles. The summed E-state index contributed by atoms with van der Waals surface area (Å²) in [7, 11) is -2.83. The second kappa shape index (κ2) is 4.11. The summed E-state index contributed by atoms with van der Waals surface area (Å²) < 4.78 is 22.7. The zero-order valence-corrected chi connectivity index (χ0v) is 9.54. The normalized spacial score (nSPS) is 36.2. The third kappa shape index (κ3) is 2.32. The summed E-state index contributed by atoms with van der Waals surface area (Å²) in [5.41, 5.74) is 0. The zero-order valence-electron chi connectivity index (χ0n) is 8.72. The van der Waals surface area contributed by atoms with Crippen molar-refractivity contribution in [1.29, 1.82) is 5.26 Å². The minimum absolute atomic E-state index is 0.0583. The highest BCUT2D eigenvalue weighted by atomic mass is 32.2. The number of likely N-dealkylation sites (tertiary alicyclic amines) is 1. The van der Waals surface area contributed by atoms with Gasteiger partial charge in [-0.25, -0.2) is 8.42 Å². The lowest BCUT2D eigenvalue weighted by atomic mass is 10.0. The van der Waals surface area contributed by atoms with Crippen LogP contribution in [0.25, 0.3) is 0 Å². The Bertz CT molecular complexity index is 371. The third-order valence-electron chi connectivity index (χ3n) is 3.37. The summed E-state index contributed by atoms with van der Waals surface area (Å²) in [4.78, 5) is 2.11. The van der Waals surface area contributed by atoms with Gasteiger partial charge in [0, 0.05) is 6.04 Å². The number of nitrogens with zero attached hydrogens (tertiary/aromatic N) is 2. The van der Waals surface area contributed by atoms with Crippen molar-refractivity contribution in [1.82, 2.24) is 4.90 Å². The maximum absolute atomic E-state index is 11.4. The summed E-state index contributed by atoms with van der Waals surface area (Å²) in [6.07, 6.45) is 3.79. The first-order valence-corrected chi connectivity index (χ1v) is 7.30. The minimum Gasteiger partial charge on any atom is -0.284 e. The van der Waals surface area contributed by atoms with Crippen LogP contribution in [0.15, 0.2) is 0 Å². The van der Waals surface area contributed by atoms with Gasteiger partial charge in [-0.05, 0) is 32.2 Å². The van der Waals surface area contributed by atoms with Gasteiger partial charge in [0.15, 0.2) is 9.84 Å². The molecule has 2 unspecified atom stereocenters. The monoisotopic (exact) mass is 228 g/mol. The second-order valence-corrected chi connectivity index (χ2v) is 6.66. The van der Waals surface area contributed by atoms with Crippen LogP contribution < -0.4 is 0 Å². The molecule has 0 spiro atoms. The molecule has 4 nitrogen and oxygen atoms in total. The fraction of sp³-hybridized carbons (Fsp3) is 0.900. The van der Waals surface area contributed by atoms with Crippen molar-refractivity contribution in [3.63, 3.8) is 0 Å². The first-order chi connectivity index (χ1) is 7.12. The summed E-state index contributed by atoms with van der Waals surface area (Å²) in [5.74, 6) is 0.553. The van der Waals surface area contributed by atoms with Gasteiger partial charge in [-0.3, -0.25) is 4.90 Å². The van der Waals surface area contributed by atoms with Crippen molar-refractivity contribution >= 4 is 9.84 Å². The molecule has 2 saturated heterocycles. The number of hydrogen-bond acceptors (Lipinski definition) is 4. The first-order valence-electron chi connectivity index (χ1n) is 5.48. The number of hydrogen-bond donors (Lipinski definition) is 0. The smallest absolute Gasteiger partial charge is 0.151 e. The fourth-order valence-electron chi connectivity index (χ4n) is 2.57. The van der Waals surface area contributed by atoms with E-state index in [0.717, 1.165) is 25.8 Å². The molecule has 0 bridgehead atoms. The van der Waals surface area contributed by atoms with Crippen LogP contribution in [0.3, 0.4) is 0 Å². The molecule has 0 saturated carbocycles. The molecule has 2 heterocycles. The van der Waals surface area contributed by atoms with Crippen LogP contribution in [0, 0.1) is 11.3 Å². The lowest BCUT2D eigenvalue weighted by molar-refractivity contribution is 0.138. The van der Waals surface area contributed by atoms with E-state index in [2.05, 4.69) is 11.0 Å². The fourth-order valence-corrected chi connectivity index (χ4v) is 4.31. The van der Waals surface area contributed by atoms with Gasteiger partial charge in [0.1, 0.15) is 0 Å². The number of rotatable bonds is 1. The van der Waals surface area contributed by atoms with Gasteiger partial charge in [0.05, 0.1) is 23.6 Å². The van der Waals surface area contributed by atoms with E-state index in [-0.39, 0.29) is 17.8 Å². The highest BCUT2D eigenvalue weighted by Crippen LogP contribution is 2.25. The van der Waals surface area contributed by atoms with Crippen molar-refractivity contribution in [3.8, 4) is 6.07 Å². The first kappa shape index (κ1) is 10.9. The molecule has 5 heteroatoms. The maximum Gasteiger partial charge on any atom is 0.151 e. The summed E-state index contributed by atoms with van der Waals surface area (Å²) in [5, 5.41) is 9.01. The SMILES string of the molecule is N#CC1CCCCN1C1CCS(=O)(=O)C1. The van der Waals surface area contributed by atoms with Gasteiger partial charge in [-0.1, -0.05) is 0 Å². The lowest BCUT2D eigenvalue weighted by Gasteiger charge is -2.35. The Labute approximate surface area is 90.8 Å². The maximum atomic E-state index is 11.4. The van der Waals surface area contributed by atoms with E-state index in [0.29, 0.717) is 12.2 Å². The van der Waals surface area contributed by atoms with Crippen LogP contribution in [0.2, 0.25) is 0 Å². The Balaban J connectivity index is 2.07. The Kier molecular flexibility index (Phi) is 2.98. The molecule has 0 amide bonds. The molecule has 2 atom stereocenters. The molecule has 2 aliphatic rings. The van der Waals surface area contributed by atoms with Crippen LogP contribution in [-0.2, 0) is 9.84 Å². The number of sulfone groups is 1. The van der Waals surface area contributed by atoms with Crippen LogP contribution in [0.1, 0.15) is 25.7 Å². The Hall–Kier alpha value is -0.600. The van der Waals surface area contributed by atoms with Gasteiger partial charge < -0.3 is 0 Å². The summed E-state index contributed by atoms with van der Waals surface area (Å²) >= 11 is 0. The molecular weight excluding hydrogens is 212 g/mol. The van der Waals surface area contributed by atoms with E-state index in [9.17, 15) is 8.42 Å². The largest absolute Gasteiger partial charge is 0.284 e. The van der Waals surface area contributed by atoms with Gasteiger partial charge in [-0.2, -0.15) is 5.26 Å². The molecule has 2 rings (SSSR count). The summed E-state index contributed by atoms with van der Waals surface area (Å²) in [6, 6.07) is 2.33. The van der Waals surface area contributed by atoms with Crippen LogP contribution in [-0.4, -0.2) is 43.5 Å². The molecule has 0 aromatic heterocycles. The molecule has 2 aliphatic heterocycles. The second-order valence-electron chi connectivity index (χ2n) is 4.44. The van der Waals surface area contributed by atoms with Crippen LogP contribution in [0.5, 0.6) is 0 Å².